The molecule has 1 atom stereocenters. The van der Waals surface area contributed by atoms with E-state index >= 15 is 0 Å². The molecule has 3 rings (SSSR count). The lowest BCUT2D eigenvalue weighted by molar-refractivity contribution is 0.354. The van der Waals surface area contributed by atoms with Crippen molar-refractivity contribution >= 4 is 33.8 Å². The number of hydrogen-bond donors (Lipinski definition) is 2. The molecule has 26 heavy (non-hydrogen) atoms. The van der Waals surface area contributed by atoms with Gasteiger partial charge in [-0.2, -0.15) is 0 Å². The van der Waals surface area contributed by atoms with Gasteiger partial charge in [-0.3, -0.25) is 0 Å². The topological polar surface area (TPSA) is 42.5 Å². The molecule has 0 spiro atoms. The molecule has 0 saturated heterocycles. The molecule has 0 aromatic heterocycles. The van der Waals surface area contributed by atoms with Gasteiger partial charge in [-0.15, -0.1) is 0 Å². The summed E-state index contributed by atoms with van der Waals surface area (Å²) in [4.78, 5) is 0. The fraction of sp³-hybridized carbons (Fsp3) is 0.190. The number of fused-ring (bicyclic) bond motifs is 1. The van der Waals surface area contributed by atoms with Crippen molar-refractivity contribution in [1.82, 2.24) is 5.32 Å². The maximum atomic E-state index is 5.51. The number of thiocarbonyl (C=S) groups is 1. The molecule has 3 aromatic carbocycles. The highest BCUT2D eigenvalue weighted by atomic mass is 32.1. The first-order valence-electron chi connectivity index (χ1n) is 8.39. The Balaban J connectivity index is 1.73. The number of rotatable bonds is 5. The van der Waals surface area contributed by atoms with Crippen LogP contribution >= 0.6 is 12.2 Å². The van der Waals surface area contributed by atoms with Crippen molar-refractivity contribution in [3.63, 3.8) is 0 Å². The van der Waals surface area contributed by atoms with Gasteiger partial charge in [0.05, 0.1) is 20.3 Å². The Morgan fingerprint density at radius 2 is 1.65 bits per heavy atom. The van der Waals surface area contributed by atoms with Crippen LogP contribution in [0, 0.1) is 0 Å². The second-order valence-corrected chi connectivity index (χ2v) is 6.37. The van der Waals surface area contributed by atoms with Crippen LogP contribution in [0.15, 0.2) is 60.7 Å². The van der Waals surface area contributed by atoms with Crippen LogP contribution in [0.1, 0.15) is 18.5 Å². The van der Waals surface area contributed by atoms with Crippen LogP contribution in [-0.4, -0.2) is 19.3 Å². The zero-order valence-corrected chi connectivity index (χ0v) is 15.9. The van der Waals surface area contributed by atoms with Gasteiger partial charge in [-0.05, 0) is 48.3 Å². The second kappa shape index (κ2) is 8.06. The van der Waals surface area contributed by atoms with E-state index in [-0.39, 0.29) is 6.04 Å². The van der Waals surface area contributed by atoms with Gasteiger partial charge in [0.15, 0.2) is 16.6 Å². The minimum atomic E-state index is 0.0183. The molecule has 5 heteroatoms. The Morgan fingerprint density at radius 1 is 0.923 bits per heavy atom. The quantitative estimate of drug-likeness (QED) is 0.629. The van der Waals surface area contributed by atoms with Crippen LogP contribution in [-0.2, 0) is 0 Å². The van der Waals surface area contributed by atoms with E-state index in [2.05, 4.69) is 35.8 Å². The second-order valence-electron chi connectivity index (χ2n) is 5.96. The van der Waals surface area contributed by atoms with Gasteiger partial charge in [0.1, 0.15) is 0 Å². The van der Waals surface area contributed by atoms with Gasteiger partial charge < -0.3 is 20.1 Å². The summed E-state index contributed by atoms with van der Waals surface area (Å²) in [7, 11) is 3.26. The Kier molecular flexibility index (Phi) is 5.58. The van der Waals surface area contributed by atoms with E-state index in [4.69, 9.17) is 21.7 Å². The lowest BCUT2D eigenvalue weighted by Gasteiger charge is -2.19. The highest BCUT2D eigenvalue weighted by Gasteiger charge is 2.12. The fourth-order valence-electron chi connectivity index (χ4n) is 2.89. The first kappa shape index (κ1) is 18.0. The Bertz CT molecular complexity index is 922. The third kappa shape index (κ3) is 3.89. The van der Waals surface area contributed by atoms with Crippen LogP contribution in [0.3, 0.4) is 0 Å². The molecule has 0 amide bonds. The molecule has 0 aliphatic rings. The van der Waals surface area contributed by atoms with Crippen molar-refractivity contribution < 1.29 is 9.47 Å². The summed E-state index contributed by atoms with van der Waals surface area (Å²) in [5.74, 6) is 1.41. The molecule has 134 valence electrons. The zero-order chi connectivity index (χ0) is 18.5. The van der Waals surface area contributed by atoms with Crippen LogP contribution in [0.2, 0.25) is 0 Å². The molecule has 2 N–H and O–H groups in total. The van der Waals surface area contributed by atoms with Crippen LogP contribution in [0.5, 0.6) is 11.5 Å². The van der Waals surface area contributed by atoms with E-state index in [0.29, 0.717) is 16.6 Å². The van der Waals surface area contributed by atoms with E-state index in [1.807, 2.05) is 42.5 Å². The lowest BCUT2D eigenvalue weighted by atomic mass is 10.1. The van der Waals surface area contributed by atoms with E-state index < -0.39 is 0 Å². The van der Waals surface area contributed by atoms with Crippen LogP contribution < -0.4 is 20.1 Å². The van der Waals surface area contributed by atoms with Crippen LogP contribution in [0.4, 0.5) is 5.69 Å². The summed E-state index contributed by atoms with van der Waals surface area (Å²) in [6.45, 7) is 2.05. The van der Waals surface area contributed by atoms with Crippen molar-refractivity contribution in [1.29, 1.82) is 0 Å². The normalized spacial score (nSPS) is 11.7. The van der Waals surface area contributed by atoms with Crippen molar-refractivity contribution in [3.8, 4) is 11.5 Å². The van der Waals surface area contributed by atoms with Gasteiger partial charge in [0.25, 0.3) is 0 Å². The average molecular weight is 366 g/mol. The number of anilines is 1. The van der Waals surface area contributed by atoms with E-state index in [1.54, 1.807) is 14.2 Å². The number of ether oxygens (including phenoxy) is 2. The first-order chi connectivity index (χ1) is 12.6. The number of hydrogen-bond acceptors (Lipinski definition) is 3. The number of methoxy groups -OCH3 is 2. The maximum Gasteiger partial charge on any atom is 0.171 e. The summed E-state index contributed by atoms with van der Waals surface area (Å²) in [6.07, 6.45) is 0. The minimum Gasteiger partial charge on any atom is -0.493 e. The highest BCUT2D eigenvalue weighted by molar-refractivity contribution is 7.80. The first-order valence-corrected chi connectivity index (χ1v) is 8.80. The van der Waals surface area contributed by atoms with Gasteiger partial charge in [0, 0.05) is 11.1 Å². The number of benzene rings is 3. The maximum absolute atomic E-state index is 5.51. The van der Waals surface area contributed by atoms with E-state index in [1.165, 1.54) is 5.39 Å². The van der Waals surface area contributed by atoms with Gasteiger partial charge in [-0.1, -0.05) is 42.5 Å². The summed E-state index contributed by atoms with van der Waals surface area (Å²) >= 11 is 5.51. The van der Waals surface area contributed by atoms with Gasteiger partial charge in [0.2, 0.25) is 0 Å². The molecule has 0 aliphatic carbocycles. The largest absolute Gasteiger partial charge is 0.493 e. The summed E-state index contributed by atoms with van der Waals surface area (Å²) in [6, 6.07) is 20.2. The molecule has 0 fully saturated rings. The van der Waals surface area contributed by atoms with Crippen molar-refractivity contribution in [3.05, 3.63) is 66.2 Å². The van der Waals surface area contributed by atoms with E-state index in [0.717, 1.165) is 16.6 Å². The summed E-state index contributed by atoms with van der Waals surface area (Å²) in [5.41, 5.74) is 2.05. The Labute approximate surface area is 159 Å². The summed E-state index contributed by atoms with van der Waals surface area (Å²) in [5, 5.41) is 9.51. The molecule has 4 nitrogen and oxygen atoms in total. The molecular weight excluding hydrogens is 344 g/mol. The highest BCUT2D eigenvalue weighted by Crippen LogP contribution is 2.30. The smallest absolute Gasteiger partial charge is 0.171 e. The molecule has 0 saturated carbocycles. The summed E-state index contributed by atoms with van der Waals surface area (Å²) < 4.78 is 10.7. The number of nitrogens with one attached hydrogen (secondary N) is 2. The Hall–Kier alpha value is -2.79. The Morgan fingerprint density at radius 3 is 2.42 bits per heavy atom. The van der Waals surface area contributed by atoms with Gasteiger partial charge in [-0.25, -0.2) is 0 Å². The monoisotopic (exact) mass is 366 g/mol. The standard InChI is InChI=1S/C21H22N2O2S/c1-14(16-11-12-19(24-2)20(13-16)25-3)22-21(26)23-18-10-6-8-15-7-4-5-9-17(15)18/h4-14H,1-3H3,(H2,22,23,26). The molecule has 3 aromatic rings. The van der Waals surface area contributed by atoms with Crippen molar-refractivity contribution in [2.75, 3.05) is 19.5 Å². The van der Waals surface area contributed by atoms with Gasteiger partial charge >= 0.3 is 0 Å². The fourth-order valence-corrected chi connectivity index (χ4v) is 3.18. The van der Waals surface area contributed by atoms with E-state index in [9.17, 15) is 0 Å². The molecule has 0 heterocycles. The zero-order valence-electron chi connectivity index (χ0n) is 15.1. The average Bonchev–Trinajstić information content (AvgIpc) is 2.67. The third-order valence-corrected chi connectivity index (χ3v) is 4.51. The predicted octanol–water partition coefficient (Wildman–Crippen LogP) is 4.90. The lowest BCUT2D eigenvalue weighted by Crippen LogP contribution is -2.31. The molecule has 1 unspecified atom stereocenters. The third-order valence-electron chi connectivity index (χ3n) is 4.29. The van der Waals surface area contributed by atoms with Crippen molar-refractivity contribution in [2.45, 2.75) is 13.0 Å². The predicted molar refractivity (Wildman–Crippen MR) is 111 cm³/mol. The molecule has 0 bridgehead atoms. The molecule has 0 radical (unpaired) electrons. The minimum absolute atomic E-state index is 0.0183. The van der Waals surface area contributed by atoms with Crippen LogP contribution in [0.25, 0.3) is 10.8 Å². The molecular formula is C21H22N2O2S. The van der Waals surface area contributed by atoms with Crippen molar-refractivity contribution in [2.24, 2.45) is 0 Å². The molecule has 0 aliphatic heterocycles. The SMILES string of the molecule is COc1ccc(C(C)NC(=S)Nc2cccc3ccccc23)cc1OC.